The molecular formula is C14H16N4OS. The second-order valence-corrected chi connectivity index (χ2v) is 5.91. The van der Waals surface area contributed by atoms with Gasteiger partial charge in [0, 0.05) is 23.2 Å². The molecular weight excluding hydrogens is 272 g/mol. The van der Waals surface area contributed by atoms with Crippen LogP contribution in [0.3, 0.4) is 0 Å². The summed E-state index contributed by atoms with van der Waals surface area (Å²) in [5.41, 5.74) is 2.55. The molecule has 0 atom stereocenters. The molecule has 5 nitrogen and oxygen atoms in total. The van der Waals surface area contributed by atoms with Crippen LogP contribution in [0, 0.1) is 6.92 Å². The molecule has 0 unspecified atom stereocenters. The number of aryl methyl sites for hydroxylation is 3. The molecule has 3 rings (SSSR count). The molecule has 6 heteroatoms. The first-order chi connectivity index (χ1) is 9.65. The molecule has 2 heterocycles. The van der Waals surface area contributed by atoms with Crippen LogP contribution >= 0.6 is 11.3 Å². The second kappa shape index (κ2) is 5.20. The Morgan fingerprint density at radius 2 is 2.15 bits per heavy atom. The highest BCUT2D eigenvalue weighted by Gasteiger charge is 2.18. The quantitative estimate of drug-likeness (QED) is 0.911. The molecule has 1 aliphatic rings. The van der Waals surface area contributed by atoms with Crippen LogP contribution in [0.4, 0.5) is 10.9 Å². The third kappa shape index (κ3) is 2.51. The molecule has 20 heavy (non-hydrogen) atoms. The van der Waals surface area contributed by atoms with E-state index >= 15 is 0 Å². The summed E-state index contributed by atoms with van der Waals surface area (Å²) in [6.45, 7) is 1.87. The Bertz CT molecular complexity index is 644. The Labute approximate surface area is 121 Å². The van der Waals surface area contributed by atoms with Crippen molar-refractivity contribution in [1.29, 1.82) is 0 Å². The van der Waals surface area contributed by atoms with Gasteiger partial charge in [-0.3, -0.25) is 10.1 Å². The van der Waals surface area contributed by atoms with Crippen molar-refractivity contribution in [3.63, 3.8) is 0 Å². The number of nitrogens with zero attached hydrogens (tertiary/aromatic N) is 2. The molecule has 0 saturated heterocycles. The normalized spacial score (nSPS) is 13.1. The number of rotatable bonds is 3. The SMILES string of the molecule is CNc1cc(C(=O)Nc2nc3c(s2)CCC3)cc(C)n1. The zero-order valence-electron chi connectivity index (χ0n) is 11.5. The molecule has 0 aliphatic heterocycles. The molecule has 1 aliphatic carbocycles. The first-order valence-corrected chi connectivity index (χ1v) is 7.44. The summed E-state index contributed by atoms with van der Waals surface area (Å²) in [4.78, 5) is 22.3. The molecule has 1 amide bonds. The summed E-state index contributed by atoms with van der Waals surface area (Å²) in [7, 11) is 1.79. The van der Waals surface area contributed by atoms with Gasteiger partial charge in [-0.15, -0.1) is 11.3 Å². The molecule has 0 fully saturated rings. The number of aromatic nitrogens is 2. The van der Waals surface area contributed by atoms with Crippen molar-refractivity contribution in [3.05, 3.63) is 34.0 Å². The Morgan fingerprint density at radius 3 is 2.90 bits per heavy atom. The molecule has 0 spiro atoms. The van der Waals surface area contributed by atoms with Gasteiger partial charge < -0.3 is 5.32 Å². The van der Waals surface area contributed by atoms with E-state index in [1.165, 1.54) is 11.3 Å². The number of carbonyl (C=O) groups is 1. The van der Waals surface area contributed by atoms with E-state index in [9.17, 15) is 4.79 Å². The van der Waals surface area contributed by atoms with E-state index in [0.717, 1.165) is 24.2 Å². The van der Waals surface area contributed by atoms with Crippen molar-refractivity contribution in [2.24, 2.45) is 0 Å². The molecule has 0 saturated carbocycles. The summed E-state index contributed by atoms with van der Waals surface area (Å²) in [5, 5.41) is 6.53. The van der Waals surface area contributed by atoms with Gasteiger partial charge in [-0.1, -0.05) is 0 Å². The first kappa shape index (κ1) is 13.1. The Balaban J connectivity index is 1.80. The average molecular weight is 288 g/mol. The van der Waals surface area contributed by atoms with Gasteiger partial charge >= 0.3 is 0 Å². The summed E-state index contributed by atoms with van der Waals surface area (Å²) in [6, 6.07) is 3.51. The predicted octanol–water partition coefficient (Wildman–Crippen LogP) is 2.63. The monoisotopic (exact) mass is 288 g/mol. The molecule has 104 valence electrons. The van der Waals surface area contributed by atoms with E-state index in [2.05, 4.69) is 20.6 Å². The molecule has 2 aromatic heterocycles. The number of anilines is 2. The van der Waals surface area contributed by atoms with Crippen LogP contribution < -0.4 is 10.6 Å². The van der Waals surface area contributed by atoms with Gasteiger partial charge in [0.15, 0.2) is 5.13 Å². The van der Waals surface area contributed by atoms with Gasteiger partial charge in [0.1, 0.15) is 5.82 Å². The van der Waals surface area contributed by atoms with Crippen LogP contribution in [0.1, 0.15) is 33.0 Å². The maximum atomic E-state index is 12.3. The fourth-order valence-electron chi connectivity index (χ4n) is 2.34. The maximum Gasteiger partial charge on any atom is 0.257 e. The fourth-order valence-corrected chi connectivity index (χ4v) is 3.39. The Kier molecular flexibility index (Phi) is 3.40. The summed E-state index contributed by atoms with van der Waals surface area (Å²) in [6.07, 6.45) is 3.29. The van der Waals surface area contributed by atoms with Crippen LogP contribution in [0.2, 0.25) is 0 Å². The van der Waals surface area contributed by atoms with Crippen LogP contribution in [0.15, 0.2) is 12.1 Å². The zero-order chi connectivity index (χ0) is 14.1. The van der Waals surface area contributed by atoms with Crippen molar-refractivity contribution in [2.45, 2.75) is 26.2 Å². The van der Waals surface area contributed by atoms with Gasteiger partial charge in [-0.05, 0) is 38.3 Å². The van der Waals surface area contributed by atoms with E-state index in [1.54, 1.807) is 30.5 Å². The van der Waals surface area contributed by atoms with Crippen molar-refractivity contribution in [1.82, 2.24) is 9.97 Å². The fraction of sp³-hybridized carbons (Fsp3) is 0.357. The largest absolute Gasteiger partial charge is 0.373 e. The van der Waals surface area contributed by atoms with Crippen molar-refractivity contribution in [2.75, 3.05) is 17.7 Å². The van der Waals surface area contributed by atoms with Gasteiger partial charge in [0.2, 0.25) is 0 Å². The van der Waals surface area contributed by atoms with Crippen molar-refractivity contribution >= 4 is 28.2 Å². The predicted molar refractivity (Wildman–Crippen MR) is 80.6 cm³/mol. The smallest absolute Gasteiger partial charge is 0.257 e. The van der Waals surface area contributed by atoms with E-state index in [-0.39, 0.29) is 5.91 Å². The number of carbonyl (C=O) groups excluding carboxylic acids is 1. The number of thiazole rings is 1. The number of nitrogens with one attached hydrogen (secondary N) is 2. The van der Waals surface area contributed by atoms with Crippen molar-refractivity contribution < 1.29 is 4.79 Å². The lowest BCUT2D eigenvalue weighted by molar-refractivity contribution is 0.102. The lowest BCUT2D eigenvalue weighted by Crippen LogP contribution is -2.13. The highest BCUT2D eigenvalue weighted by Crippen LogP contribution is 2.30. The van der Waals surface area contributed by atoms with Gasteiger partial charge in [0.25, 0.3) is 5.91 Å². The maximum absolute atomic E-state index is 12.3. The second-order valence-electron chi connectivity index (χ2n) is 4.83. The van der Waals surface area contributed by atoms with Crippen LogP contribution in [-0.4, -0.2) is 22.9 Å². The standard InChI is InChI=1S/C14H16N4OS/c1-8-6-9(7-12(15-2)16-8)13(19)18-14-17-10-4-3-5-11(10)20-14/h6-7H,3-5H2,1-2H3,(H,15,16)(H,17,18,19). The summed E-state index contributed by atoms with van der Waals surface area (Å²) >= 11 is 1.58. The van der Waals surface area contributed by atoms with Gasteiger partial charge in [0.05, 0.1) is 5.69 Å². The van der Waals surface area contributed by atoms with E-state index in [4.69, 9.17) is 0 Å². The number of hydrogen-bond donors (Lipinski definition) is 2. The highest BCUT2D eigenvalue weighted by atomic mass is 32.1. The van der Waals surface area contributed by atoms with Crippen LogP contribution in [0.5, 0.6) is 0 Å². The molecule has 2 aromatic rings. The van der Waals surface area contributed by atoms with Gasteiger partial charge in [-0.2, -0.15) is 0 Å². The van der Waals surface area contributed by atoms with Crippen LogP contribution in [-0.2, 0) is 12.8 Å². The highest BCUT2D eigenvalue weighted by molar-refractivity contribution is 7.15. The molecule has 0 radical (unpaired) electrons. The third-order valence-corrected chi connectivity index (χ3v) is 4.36. The molecule has 0 bridgehead atoms. The molecule has 2 N–H and O–H groups in total. The Morgan fingerprint density at radius 1 is 1.30 bits per heavy atom. The van der Waals surface area contributed by atoms with Crippen molar-refractivity contribution in [3.8, 4) is 0 Å². The summed E-state index contributed by atoms with van der Waals surface area (Å²) in [5.74, 6) is 0.552. The molecule has 0 aromatic carbocycles. The lowest BCUT2D eigenvalue weighted by Gasteiger charge is -2.06. The minimum absolute atomic E-state index is 0.139. The van der Waals surface area contributed by atoms with E-state index < -0.39 is 0 Å². The average Bonchev–Trinajstić information content (AvgIpc) is 2.98. The van der Waals surface area contributed by atoms with E-state index in [0.29, 0.717) is 16.5 Å². The minimum atomic E-state index is -0.139. The minimum Gasteiger partial charge on any atom is -0.373 e. The van der Waals surface area contributed by atoms with E-state index in [1.807, 2.05) is 6.92 Å². The number of amides is 1. The van der Waals surface area contributed by atoms with Crippen LogP contribution in [0.25, 0.3) is 0 Å². The summed E-state index contributed by atoms with van der Waals surface area (Å²) < 4.78 is 0. The third-order valence-electron chi connectivity index (χ3n) is 3.29. The van der Waals surface area contributed by atoms with Gasteiger partial charge in [-0.25, -0.2) is 9.97 Å². The first-order valence-electron chi connectivity index (χ1n) is 6.62. The lowest BCUT2D eigenvalue weighted by atomic mass is 10.2. The Hall–Kier alpha value is -1.95. The number of hydrogen-bond acceptors (Lipinski definition) is 5. The number of pyridine rings is 1. The zero-order valence-corrected chi connectivity index (χ0v) is 12.3. The number of fused-ring (bicyclic) bond motifs is 1. The topological polar surface area (TPSA) is 66.9 Å².